The normalized spacial score (nSPS) is 10.8. The number of aryl methyl sites for hydroxylation is 1. The highest BCUT2D eigenvalue weighted by atomic mass is 32.1. The zero-order valence-electron chi connectivity index (χ0n) is 17.1. The number of ether oxygens (including phenoxy) is 2. The summed E-state index contributed by atoms with van der Waals surface area (Å²) >= 11 is 1.67. The molecular formula is C24H22N2O3S. The van der Waals surface area contributed by atoms with Gasteiger partial charge in [-0.1, -0.05) is 12.1 Å². The first-order valence-corrected chi connectivity index (χ1v) is 10.4. The van der Waals surface area contributed by atoms with Crippen LogP contribution in [-0.2, 0) is 11.2 Å². The molecule has 3 aromatic carbocycles. The van der Waals surface area contributed by atoms with Gasteiger partial charge in [0.25, 0.3) is 0 Å². The number of hydrogen-bond acceptors (Lipinski definition) is 5. The second-order valence-electron chi connectivity index (χ2n) is 6.98. The Kier molecular flexibility index (Phi) is 5.68. The number of hydrogen-bond donors (Lipinski definition) is 1. The lowest BCUT2D eigenvalue weighted by Crippen LogP contribution is -2.14. The molecule has 30 heavy (non-hydrogen) atoms. The summed E-state index contributed by atoms with van der Waals surface area (Å²) in [6, 6.07) is 19.5. The van der Waals surface area contributed by atoms with Gasteiger partial charge in [0.15, 0.2) is 11.5 Å². The zero-order valence-corrected chi connectivity index (χ0v) is 17.9. The van der Waals surface area contributed by atoms with Crippen molar-refractivity contribution in [2.75, 3.05) is 19.5 Å². The molecule has 0 saturated carbocycles. The average molecular weight is 419 g/mol. The number of amides is 1. The summed E-state index contributed by atoms with van der Waals surface area (Å²) in [5, 5.41) is 3.91. The Balaban J connectivity index is 1.44. The van der Waals surface area contributed by atoms with Crippen LogP contribution >= 0.6 is 11.3 Å². The maximum Gasteiger partial charge on any atom is 0.228 e. The van der Waals surface area contributed by atoms with Crippen LogP contribution in [0.4, 0.5) is 5.69 Å². The van der Waals surface area contributed by atoms with Gasteiger partial charge in [-0.05, 0) is 66.6 Å². The van der Waals surface area contributed by atoms with Crippen LogP contribution in [-0.4, -0.2) is 25.1 Å². The first kappa shape index (κ1) is 19.9. The summed E-state index contributed by atoms with van der Waals surface area (Å²) in [5.74, 6) is 1.16. The molecule has 0 aliphatic rings. The Morgan fingerprint density at radius 1 is 0.967 bits per heavy atom. The van der Waals surface area contributed by atoms with E-state index in [2.05, 4.69) is 24.4 Å². The zero-order chi connectivity index (χ0) is 21.1. The maximum atomic E-state index is 12.4. The van der Waals surface area contributed by atoms with Crippen molar-refractivity contribution >= 4 is 33.1 Å². The van der Waals surface area contributed by atoms with Gasteiger partial charge in [0.1, 0.15) is 5.01 Å². The van der Waals surface area contributed by atoms with Gasteiger partial charge in [0.2, 0.25) is 5.91 Å². The van der Waals surface area contributed by atoms with Crippen LogP contribution < -0.4 is 14.8 Å². The molecule has 0 radical (unpaired) electrons. The van der Waals surface area contributed by atoms with E-state index in [-0.39, 0.29) is 12.3 Å². The van der Waals surface area contributed by atoms with Crippen LogP contribution in [0.25, 0.3) is 20.8 Å². The molecule has 0 bridgehead atoms. The van der Waals surface area contributed by atoms with Gasteiger partial charge in [0, 0.05) is 11.3 Å². The van der Waals surface area contributed by atoms with E-state index in [0.29, 0.717) is 11.5 Å². The minimum Gasteiger partial charge on any atom is -0.493 e. The van der Waals surface area contributed by atoms with E-state index in [1.165, 1.54) is 10.3 Å². The SMILES string of the molecule is COc1ccc(CC(=O)Nc2ccc(-c3nc4ccc(C)cc4s3)cc2)cc1OC. The number of benzene rings is 3. The minimum atomic E-state index is -0.0922. The van der Waals surface area contributed by atoms with Gasteiger partial charge >= 0.3 is 0 Å². The van der Waals surface area contributed by atoms with Gasteiger partial charge in [-0.15, -0.1) is 11.3 Å². The Morgan fingerprint density at radius 3 is 2.47 bits per heavy atom. The Bertz CT molecular complexity index is 1200. The third-order valence-electron chi connectivity index (χ3n) is 4.77. The van der Waals surface area contributed by atoms with Crippen molar-refractivity contribution in [3.8, 4) is 22.1 Å². The van der Waals surface area contributed by atoms with E-state index in [9.17, 15) is 4.79 Å². The average Bonchev–Trinajstić information content (AvgIpc) is 3.17. The van der Waals surface area contributed by atoms with Crippen LogP contribution in [0.5, 0.6) is 11.5 Å². The molecule has 0 fully saturated rings. The van der Waals surface area contributed by atoms with Crippen LogP contribution in [0.2, 0.25) is 0 Å². The fourth-order valence-electron chi connectivity index (χ4n) is 3.23. The summed E-state index contributed by atoms with van der Waals surface area (Å²) in [4.78, 5) is 17.2. The second-order valence-corrected chi connectivity index (χ2v) is 8.01. The first-order valence-electron chi connectivity index (χ1n) is 9.54. The van der Waals surface area contributed by atoms with Gasteiger partial charge < -0.3 is 14.8 Å². The van der Waals surface area contributed by atoms with Crippen molar-refractivity contribution in [3.63, 3.8) is 0 Å². The number of fused-ring (bicyclic) bond motifs is 1. The van der Waals surface area contributed by atoms with Crippen molar-refractivity contribution in [2.24, 2.45) is 0 Å². The van der Waals surface area contributed by atoms with E-state index in [1.807, 2.05) is 42.5 Å². The van der Waals surface area contributed by atoms with Crippen LogP contribution in [0.1, 0.15) is 11.1 Å². The molecule has 6 heteroatoms. The molecule has 5 nitrogen and oxygen atoms in total. The van der Waals surface area contributed by atoms with Crippen molar-refractivity contribution in [1.82, 2.24) is 4.98 Å². The highest BCUT2D eigenvalue weighted by Crippen LogP contribution is 2.31. The molecule has 1 aromatic heterocycles. The van der Waals surface area contributed by atoms with E-state index in [1.54, 1.807) is 31.6 Å². The van der Waals surface area contributed by atoms with Crippen molar-refractivity contribution in [3.05, 3.63) is 71.8 Å². The molecule has 1 heterocycles. The molecular weight excluding hydrogens is 396 g/mol. The van der Waals surface area contributed by atoms with Crippen LogP contribution in [0.15, 0.2) is 60.7 Å². The van der Waals surface area contributed by atoms with Crippen molar-refractivity contribution in [1.29, 1.82) is 0 Å². The van der Waals surface area contributed by atoms with Gasteiger partial charge in [-0.25, -0.2) is 4.98 Å². The van der Waals surface area contributed by atoms with E-state index in [0.717, 1.165) is 27.3 Å². The predicted octanol–water partition coefficient (Wildman–Crippen LogP) is 5.47. The quantitative estimate of drug-likeness (QED) is 0.451. The summed E-state index contributed by atoms with van der Waals surface area (Å²) in [7, 11) is 3.17. The summed E-state index contributed by atoms with van der Waals surface area (Å²) in [6.07, 6.45) is 0.249. The second kappa shape index (κ2) is 8.55. The molecule has 0 saturated heterocycles. The lowest BCUT2D eigenvalue weighted by atomic mass is 10.1. The molecule has 1 N–H and O–H groups in total. The Morgan fingerprint density at radius 2 is 1.73 bits per heavy atom. The topological polar surface area (TPSA) is 60.5 Å². The lowest BCUT2D eigenvalue weighted by Gasteiger charge is -2.10. The smallest absolute Gasteiger partial charge is 0.228 e. The van der Waals surface area contributed by atoms with Crippen LogP contribution in [0, 0.1) is 6.92 Å². The molecule has 0 aliphatic carbocycles. The first-order chi connectivity index (χ1) is 14.6. The number of anilines is 1. The summed E-state index contributed by atoms with van der Waals surface area (Å²) in [6.45, 7) is 2.08. The summed E-state index contributed by atoms with van der Waals surface area (Å²) in [5.41, 5.74) is 4.87. The van der Waals surface area contributed by atoms with E-state index >= 15 is 0 Å². The number of nitrogens with one attached hydrogen (secondary N) is 1. The van der Waals surface area contributed by atoms with Crippen LogP contribution in [0.3, 0.4) is 0 Å². The number of methoxy groups -OCH3 is 2. The van der Waals surface area contributed by atoms with Crippen molar-refractivity contribution in [2.45, 2.75) is 13.3 Å². The molecule has 4 rings (SSSR count). The standard InChI is InChI=1S/C24H22N2O3S/c1-15-4-10-19-22(12-15)30-24(26-19)17-6-8-18(9-7-17)25-23(27)14-16-5-11-20(28-2)21(13-16)29-3/h4-13H,14H2,1-3H3,(H,25,27). The number of carbonyl (C=O) groups excluding carboxylic acids is 1. The predicted molar refractivity (Wildman–Crippen MR) is 122 cm³/mol. The molecule has 0 unspecified atom stereocenters. The number of aromatic nitrogens is 1. The van der Waals surface area contributed by atoms with E-state index < -0.39 is 0 Å². The van der Waals surface area contributed by atoms with Gasteiger partial charge in [-0.2, -0.15) is 0 Å². The number of nitrogens with zero attached hydrogens (tertiary/aromatic N) is 1. The highest BCUT2D eigenvalue weighted by Gasteiger charge is 2.10. The number of thiazole rings is 1. The van der Waals surface area contributed by atoms with Gasteiger partial charge in [-0.3, -0.25) is 4.79 Å². The molecule has 0 atom stereocenters. The number of rotatable bonds is 6. The molecule has 0 aliphatic heterocycles. The fraction of sp³-hybridized carbons (Fsp3) is 0.167. The third-order valence-corrected chi connectivity index (χ3v) is 5.84. The molecule has 1 amide bonds. The molecule has 4 aromatic rings. The largest absolute Gasteiger partial charge is 0.493 e. The Labute approximate surface area is 179 Å². The lowest BCUT2D eigenvalue weighted by molar-refractivity contribution is -0.115. The third kappa shape index (κ3) is 4.28. The van der Waals surface area contributed by atoms with Crippen molar-refractivity contribution < 1.29 is 14.3 Å². The Hall–Kier alpha value is -3.38. The molecule has 152 valence electrons. The minimum absolute atomic E-state index is 0.0922. The van der Waals surface area contributed by atoms with Gasteiger partial charge in [0.05, 0.1) is 30.9 Å². The fourth-order valence-corrected chi connectivity index (χ4v) is 4.30. The monoisotopic (exact) mass is 418 g/mol. The highest BCUT2D eigenvalue weighted by molar-refractivity contribution is 7.21. The van der Waals surface area contributed by atoms with E-state index in [4.69, 9.17) is 14.5 Å². The number of carbonyl (C=O) groups is 1. The maximum absolute atomic E-state index is 12.4. The molecule has 0 spiro atoms. The summed E-state index contributed by atoms with van der Waals surface area (Å²) < 4.78 is 11.7.